The van der Waals surface area contributed by atoms with E-state index in [1.807, 2.05) is 0 Å². The van der Waals surface area contributed by atoms with Gasteiger partial charge in [-0.2, -0.15) is 4.98 Å². The minimum absolute atomic E-state index is 0.0561. The Labute approximate surface area is 540 Å². The third kappa shape index (κ3) is 29.4. The zero-order valence-electron chi connectivity index (χ0n) is 54.4. The Morgan fingerprint density at radius 2 is 0.925 bits per heavy atom. The Balaban J connectivity index is 1.16. The molecule has 0 atom stereocenters. The van der Waals surface area contributed by atoms with Gasteiger partial charge in [0.05, 0.1) is 117 Å². The Bertz CT molecular complexity index is 3090. The van der Waals surface area contributed by atoms with Crippen LogP contribution < -0.4 is 37.2 Å². The molecule has 0 aromatic carbocycles. The number of carbonyl (C=O) groups is 8. The van der Waals surface area contributed by atoms with Crippen molar-refractivity contribution in [1.29, 1.82) is 0 Å². The molecule has 33 heteroatoms. The average molecular weight is 1310 g/mol. The minimum Gasteiger partial charge on any atom is -0.466 e. The second-order valence-electron chi connectivity index (χ2n) is 21.0. The van der Waals surface area contributed by atoms with E-state index < -0.39 is 47.3 Å². The molecule has 0 saturated heterocycles. The van der Waals surface area contributed by atoms with Crippen LogP contribution in [0.25, 0.3) is 0 Å². The van der Waals surface area contributed by atoms with Gasteiger partial charge in [-0.05, 0) is 26.3 Å². The summed E-state index contributed by atoms with van der Waals surface area (Å²) in [5.41, 5.74) is 0.747. The van der Waals surface area contributed by atoms with Gasteiger partial charge in [0.1, 0.15) is 11.6 Å². The van der Waals surface area contributed by atoms with E-state index in [2.05, 4.69) is 57.1 Å². The first-order valence-corrected chi connectivity index (χ1v) is 30.8. The van der Waals surface area contributed by atoms with Gasteiger partial charge in [0, 0.05) is 143 Å². The molecule has 514 valence electrons. The summed E-state index contributed by atoms with van der Waals surface area (Å²) in [7, 11) is 9.81. The number of anilines is 7. The number of aryl methyl sites for hydroxylation is 5. The number of esters is 1. The first-order chi connectivity index (χ1) is 44.9. The lowest BCUT2D eigenvalue weighted by Crippen LogP contribution is -2.32. The highest BCUT2D eigenvalue weighted by Crippen LogP contribution is 2.23. The first-order valence-electron chi connectivity index (χ1n) is 30.8. The molecule has 0 saturated carbocycles. The molecule has 0 aliphatic heterocycles. The highest BCUT2D eigenvalue weighted by Gasteiger charge is 2.21. The Morgan fingerprint density at radius 3 is 1.47 bits per heavy atom. The Morgan fingerprint density at radius 1 is 0.452 bits per heavy atom. The van der Waals surface area contributed by atoms with Crippen molar-refractivity contribution in [2.45, 2.75) is 71.3 Å². The summed E-state index contributed by atoms with van der Waals surface area (Å²) in [6.07, 6.45) is 10.6. The maximum atomic E-state index is 13.8. The number of ether oxygens (including phenoxy) is 9. The fourth-order valence-corrected chi connectivity index (χ4v) is 8.76. The van der Waals surface area contributed by atoms with E-state index in [0.29, 0.717) is 142 Å². The van der Waals surface area contributed by atoms with Gasteiger partial charge in [-0.1, -0.05) is 6.42 Å². The topological polar surface area (TPSA) is 370 Å². The summed E-state index contributed by atoms with van der Waals surface area (Å²) in [6.45, 7) is 11.0. The molecule has 0 fully saturated rings. The van der Waals surface area contributed by atoms with E-state index in [9.17, 15) is 38.4 Å². The summed E-state index contributed by atoms with van der Waals surface area (Å²) in [6, 6.07) is 3.16. The van der Waals surface area contributed by atoms with Crippen LogP contribution in [-0.4, -0.2) is 223 Å². The molecule has 93 heavy (non-hydrogen) atoms. The van der Waals surface area contributed by atoms with Crippen molar-refractivity contribution in [3.63, 3.8) is 0 Å². The molecule has 0 bridgehead atoms. The Hall–Kier alpha value is -8.41. The quantitative estimate of drug-likeness (QED) is 0.0217. The van der Waals surface area contributed by atoms with Crippen molar-refractivity contribution >= 4 is 87.9 Å². The zero-order chi connectivity index (χ0) is 67.2. The molecule has 0 radical (unpaired) electrons. The smallest absolute Gasteiger partial charge is 0.306 e. The second kappa shape index (κ2) is 42.7. The summed E-state index contributed by atoms with van der Waals surface area (Å²) in [5.74, 6) is -2.82. The number of methoxy groups -OCH3 is 2. The van der Waals surface area contributed by atoms with Crippen LogP contribution in [-0.2, 0) is 106 Å². The molecule has 0 aliphatic carbocycles. The van der Waals surface area contributed by atoms with Gasteiger partial charge in [-0.3, -0.25) is 48.6 Å². The van der Waals surface area contributed by atoms with Crippen molar-refractivity contribution in [2.24, 2.45) is 28.2 Å². The van der Waals surface area contributed by atoms with Gasteiger partial charge in [-0.25, -0.2) is 9.97 Å². The van der Waals surface area contributed by atoms with Crippen LogP contribution in [0.2, 0.25) is 0 Å². The van der Waals surface area contributed by atoms with Crippen molar-refractivity contribution in [2.75, 3.05) is 170 Å². The van der Waals surface area contributed by atoms with Crippen LogP contribution in [0, 0.1) is 0 Å². The number of hydrogen-bond donors (Lipinski definition) is 7. The number of aromatic nitrogens is 8. The number of rotatable bonds is 49. The van der Waals surface area contributed by atoms with Crippen LogP contribution in [0.4, 0.5) is 40.6 Å². The number of nitrogens with one attached hydrogen (secondary N) is 7. The second-order valence-corrected chi connectivity index (χ2v) is 21.0. The predicted molar refractivity (Wildman–Crippen MR) is 342 cm³/mol. The molecule has 5 aromatic heterocycles. The van der Waals surface area contributed by atoms with Crippen LogP contribution in [0.15, 0.2) is 49.3 Å². The lowest BCUT2D eigenvalue weighted by Gasteiger charge is -2.22. The monoisotopic (exact) mass is 1310 g/mol. The van der Waals surface area contributed by atoms with E-state index in [-0.39, 0.29) is 74.4 Å². The average Bonchev–Trinajstić information content (AvgIpc) is 1.78. The van der Waals surface area contributed by atoms with Crippen molar-refractivity contribution in [1.82, 2.24) is 42.7 Å². The number of carbonyl (C=O) groups excluding carboxylic acids is 8. The largest absolute Gasteiger partial charge is 0.466 e. The first kappa shape index (κ1) is 75.3. The van der Waals surface area contributed by atoms with Gasteiger partial charge < -0.3 is 97.4 Å². The lowest BCUT2D eigenvalue weighted by atomic mass is 10.2. The predicted octanol–water partition coefficient (Wildman–Crippen LogP) is 3.39. The molecule has 7 N–H and O–H groups in total. The lowest BCUT2D eigenvalue weighted by molar-refractivity contribution is -0.144. The fraction of sp³-hybridized carbons (Fsp3) is 0.583. The van der Waals surface area contributed by atoms with E-state index in [4.69, 9.17) is 42.6 Å². The van der Waals surface area contributed by atoms with Gasteiger partial charge in [-0.15, -0.1) is 0 Å². The molecule has 0 unspecified atom stereocenters. The van der Waals surface area contributed by atoms with Crippen molar-refractivity contribution in [3.8, 4) is 0 Å². The summed E-state index contributed by atoms with van der Waals surface area (Å²) >= 11 is 0. The fourth-order valence-electron chi connectivity index (χ4n) is 8.76. The zero-order valence-corrected chi connectivity index (χ0v) is 54.4. The molecular formula is C60H92N16O17. The maximum absolute atomic E-state index is 13.8. The highest BCUT2D eigenvalue weighted by molar-refractivity contribution is 6.04. The number of nitrogens with zero attached hydrogens (tertiary/aromatic N) is 9. The third-order valence-electron chi connectivity index (χ3n) is 13.6. The van der Waals surface area contributed by atoms with Crippen LogP contribution in [0.3, 0.4) is 0 Å². The van der Waals surface area contributed by atoms with E-state index >= 15 is 0 Å². The number of imidazole rings is 3. The Kier molecular flexibility index (Phi) is 34.6. The van der Waals surface area contributed by atoms with Gasteiger partial charge in [0.2, 0.25) is 41.3 Å². The molecule has 5 aromatic rings. The van der Waals surface area contributed by atoms with E-state index in [1.54, 1.807) is 93.8 Å². The van der Waals surface area contributed by atoms with Crippen LogP contribution >= 0.6 is 0 Å². The minimum atomic E-state index is -0.629. The number of hydrogen-bond acceptors (Lipinski definition) is 21. The van der Waals surface area contributed by atoms with Crippen LogP contribution in [0.1, 0.15) is 85.9 Å². The van der Waals surface area contributed by atoms with E-state index in [0.717, 1.165) is 19.4 Å². The number of unbranched alkanes of at least 4 members (excludes halogenated alkanes) is 2. The van der Waals surface area contributed by atoms with Crippen molar-refractivity contribution < 1.29 is 81.0 Å². The molecule has 0 spiro atoms. The summed E-state index contributed by atoms with van der Waals surface area (Å²) < 4.78 is 56.7. The van der Waals surface area contributed by atoms with Crippen molar-refractivity contribution in [3.05, 3.63) is 61.0 Å². The SMILES string of the molecule is CCOC(=O)CCC(=O)Nc1nc(NC(=O)CCC(=O)Nc2cc(NC(=O)c3nc(NC(=O)CCC(=O)Nc4cc(NC(=O)c5nccn5C)cn4C)cn3C)cn2CCCCCN(CCOCCOCCOCCOC)CCOCCOCCOCCOC)cn1C. The van der Waals surface area contributed by atoms with Gasteiger partial charge in [0.15, 0.2) is 17.5 Å². The number of amides is 7. The molecule has 33 nitrogen and oxygen atoms in total. The molecular weight excluding hydrogens is 1220 g/mol. The summed E-state index contributed by atoms with van der Waals surface area (Å²) in [4.78, 5) is 118. The molecule has 7 amide bonds. The maximum Gasteiger partial charge on any atom is 0.306 e. The summed E-state index contributed by atoms with van der Waals surface area (Å²) in [5, 5.41) is 19.1. The normalized spacial score (nSPS) is 11.2. The standard InChI is InChI=1S/C60H92N16O17/c1-8-93-55(82)17-16-54(81)70-60-67-47(43-74(60)5)65-51(78)13-15-53(80)69-49-39-45(41-76(49)20-11-9-10-19-75(22-24-87-30-32-91-36-34-89-28-26-85-6)23-25-88-31-33-92-37-35-90-29-27-86-7)63-59(84)57-66-46(42-73(57)4)64-50(77)12-14-52(79)68-48-38-44(40-72(48)3)62-58(83)56-61-18-21-71(56)2/h18,21,38-43H,8-17,19-20,22-37H2,1-7H3,(H,62,83)(H,63,84)(H,64,77)(H,65,78)(H,68,79)(H,69,80)(H,67,70,81). The van der Waals surface area contributed by atoms with Crippen LogP contribution in [0.5, 0.6) is 0 Å². The molecule has 5 rings (SSSR count). The highest BCUT2D eigenvalue weighted by atomic mass is 16.6. The van der Waals surface area contributed by atoms with Gasteiger partial charge >= 0.3 is 5.97 Å². The van der Waals surface area contributed by atoms with Gasteiger partial charge in [0.25, 0.3) is 11.8 Å². The third-order valence-corrected chi connectivity index (χ3v) is 13.6. The molecule has 0 aliphatic rings. The molecule has 5 heterocycles. The van der Waals surface area contributed by atoms with E-state index in [1.165, 1.54) is 27.7 Å².